The van der Waals surface area contributed by atoms with E-state index in [4.69, 9.17) is 11.6 Å². The minimum absolute atomic E-state index is 0.146. The Labute approximate surface area is 91.2 Å². The molecule has 1 nitrogen and oxygen atoms in total. The fourth-order valence-corrected chi connectivity index (χ4v) is 1.50. The zero-order chi connectivity index (χ0) is 9.84. The average Bonchev–Trinajstić information content (AvgIpc) is 2.13. The first-order valence-corrected chi connectivity index (χ1v) is 5.46. The highest BCUT2D eigenvalue weighted by Crippen LogP contribution is 2.20. The second kappa shape index (κ2) is 4.77. The lowest BCUT2D eigenvalue weighted by atomic mass is 10.1. The van der Waals surface area contributed by atoms with Crippen LogP contribution in [0.1, 0.15) is 11.1 Å². The maximum Gasteiger partial charge on any atom is 0.147 e. The standard InChI is InChI=1S/C10H10BrClO/c1-7-3-2-4-8(10(7)12)5-9(13)6-11/h2-4H,5-6H2,1H3. The molecule has 0 fully saturated rings. The van der Waals surface area contributed by atoms with Gasteiger partial charge >= 0.3 is 0 Å². The third-order valence-corrected chi connectivity index (χ3v) is 2.97. The van der Waals surface area contributed by atoms with Crippen molar-refractivity contribution in [3.63, 3.8) is 0 Å². The van der Waals surface area contributed by atoms with Gasteiger partial charge in [-0.2, -0.15) is 0 Å². The maximum absolute atomic E-state index is 11.1. The number of hydrogen-bond acceptors (Lipinski definition) is 1. The third kappa shape index (κ3) is 2.82. The van der Waals surface area contributed by atoms with E-state index in [9.17, 15) is 4.79 Å². The number of hydrogen-bond donors (Lipinski definition) is 0. The van der Waals surface area contributed by atoms with Crippen LogP contribution in [0.2, 0.25) is 5.02 Å². The van der Waals surface area contributed by atoms with Gasteiger partial charge in [-0.25, -0.2) is 0 Å². The molecule has 0 aliphatic carbocycles. The van der Waals surface area contributed by atoms with Crippen molar-refractivity contribution in [2.45, 2.75) is 13.3 Å². The number of ketones is 1. The fraction of sp³-hybridized carbons (Fsp3) is 0.300. The van der Waals surface area contributed by atoms with Crippen LogP contribution in [0.3, 0.4) is 0 Å². The molecule has 70 valence electrons. The number of carbonyl (C=O) groups excluding carboxylic acids is 1. The molecule has 13 heavy (non-hydrogen) atoms. The highest BCUT2D eigenvalue weighted by atomic mass is 79.9. The normalized spacial score (nSPS) is 10.1. The van der Waals surface area contributed by atoms with Gasteiger partial charge in [-0.3, -0.25) is 4.79 Å². The van der Waals surface area contributed by atoms with Crippen molar-refractivity contribution in [2.75, 3.05) is 5.33 Å². The van der Waals surface area contributed by atoms with E-state index in [2.05, 4.69) is 15.9 Å². The topological polar surface area (TPSA) is 17.1 Å². The van der Waals surface area contributed by atoms with E-state index in [-0.39, 0.29) is 5.78 Å². The SMILES string of the molecule is Cc1cccc(CC(=O)CBr)c1Cl. The highest BCUT2D eigenvalue weighted by Gasteiger charge is 2.06. The molecule has 0 bridgehead atoms. The Morgan fingerprint density at radius 2 is 2.23 bits per heavy atom. The molecule has 0 spiro atoms. The molecule has 0 heterocycles. The van der Waals surface area contributed by atoms with Crippen molar-refractivity contribution in [3.05, 3.63) is 34.3 Å². The smallest absolute Gasteiger partial charge is 0.147 e. The van der Waals surface area contributed by atoms with Gasteiger partial charge in [0.25, 0.3) is 0 Å². The summed E-state index contributed by atoms with van der Waals surface area (Å²) in [5, 5.41) is 1.09. The van der Waals surface area contributed by atoms with Crippen molar-refractivity contribution in [2.24, 2.45) is 0 Å². The van der Waals surface area contributed by atoms with Gasteiger partial charge in [0.1, 0.15) is 5.78 Å². The first-order valence-electron chi connectivity index (χ1n) is 3.97. The van der Waals surface area contributed by atoms with Gasteiger partial charge in [0.15, 0.2) is 0 Å². The highest BCUT2D eigenvalue weighted by molar-refractivity contribution is 9.09. The number of aryl methyl sites for hydroxylation is 1. The third-order valence-electron chi connectivity index (χ3n) is 1.81. The molecule has 3 heteroatoms. The summed E-state index contributed by atoms with van der Waals surface area (Å²) in [7, 11) is 0. The van der Waals surface area contributed by atoms with Crippen molar-refractivity contribution < 1.29 is 4.79 Å². The van der Waals surface area contributed by atoms with Gasteiger partial charge in [-0.15, -0.1) is 0 Å². The molecule has 0 saturated carbocycles. The van der Waals surface area contributed by atoms with E-state index in [1.165, 1.54) is 0 Å². The van der Waals surface area contributed by atoms with Gasteiger partial charge in [-0.05, 0) is 18.1 Å². The summed E-state index contributed by atoms with van der Waals surface area (Å²) in [6, 6.07) is 5.73. The van der Waals surface area contributed by atoms with E-state index in [1.54, 1.807) is 0 Å². The Kier molecular flexibility index (Phi) is 3.94. The number of halogens is 2. The molecule has 1 aromatic rings. The minimum atomic E-state index is 0.146. The van der Waals surface area contributed by atoms with Crippen LogP contribution in [-0.4, -0.2) is 11.1 Å². The van der Waals surface area contributed by atoms with Crippen LogP contribution in [0.5, 0.6) is 0 Å². The molecule has 0 aliphatic rings. The molecular weight excluding hydrogens is 251 g/mol. The molecular formula is C10H10BrClO. The van der Waals surface area contributed by atoms with Crippen LogP contribution < -0.4 is 0 Å². The summed E-state index contributed by atoms with van der Waals surface area (Å²) in [6.45, 7) is 1.93. The van der Waals surface area contributed by atoms with Gasteiger partial charge in [-0.1, -0.05) is 45.7 Å². The Balaban J connectivity index is 2.89. The number of Topliss-reactive ketones (excluding diaryl/α,β-unsaturated/α-hetero) is 1. The zero-order valence-electron chi connectivity index (χ0n) is 7.31. The Morgan fingerprint density at radius 1 is 1.54 bits per heavy atom. The van der Waals surface area contributed by atoms with E-state index in [1.807, 2.05) is 25.1 Å². The largest absolute Gasteiger partial charge is 0.298 e. The van der Waals surface area contributed by atoms with Crippen LogP contribution >= 0.6 is 27.5 Å². The molecule has 1 rings (SSSR count). The fourth-order valence-electron chi connectivity index (χ4n) is 1.10. The number of alkyl halides is 1. The van der Waals surface area contributed by atoms with E-state index >= 15 is 0 Å². The Bertz CT molecular complexity index is 323. The van der Waals surface area contributed by atoms with Crippen molar-refractivity contribution >= 4 is 33.3 Å². The summed E-state index contributed by atoms with van der Waals surface area (Å²) in [4.78, 5) is 11.1. The Morgan fingerprint density at radius 3 is 2.85 bits per heavy atom. The van der Waals surface area contributed by atoms with E-state index < -0.39 is 0 Å². The van der Waals surface area contributed by atoms with Crippen molar-refractivity contribution in [3.8, 4) is 0 Å². The molecule has 0 aliphatic heterocycles. The van der Waals surface area contributed by atoms with Crippen molar-refractivity contribution in [1.29, 1.82) is 0 Å². The molecule has 0 unspecified atom stereocenters. The summed E-state index contributed by atoms with van der Waals surface area (Å²) < 4.78 is 0. The predicted molar refractivity (Wildman–Crippen MR) is 58.7 cm³/mol. The second-order valence-electron chi connectivity index (χ2n) is 2.90. The lowest BCUT2D eigenvalue weighted by molar-refractivity contribution is -0.115. The lowest BCUT2D eigenvalue weighted by Crippen LogP contribution is -2.04. The lowest BCUT2D eigenvalue weighted by Gasteiger charge is -2.04. The second-order valence-corrected chi connectivity index (χ2v) is 3.84. The van der Waals surface area contributed by atoms with Crippen LogP contribution in [0, 0.1) is 6.92 Å². The Hall–Kier alpha value is -0.340. The van der Waals surface area contributed by atoms with Crippen LogP contribution in [0.15, 0.2) is 18.2 Å². The molecule has 0 atom stereocenters. The first-order chi connectivity index (χ1) is 6.15. The van der Waals surface area contributed by atoms with Gasteiger partial charge in [0, 0.05) is 11.4 Å². The van der Waals surface area contributed by atoms with E-state index in [0.29, 0.717) is 16.8 Å². The summed E-state index contributed by atoms with van der Waals surface area (Å²) >= 11 is 9.15. The average molecular weight is 262 g/mol. The summed E-state index contributed by atoms with van der Waals surface area (Å²) in [5.41, 5.74) is 1.92. The molecule has 0 amide bonds. The number of benzene rings is 1. The molecule has 0 N–H and O–H groups in total. The summed E-state index contributed by atoms with van der Waals surface area (Å²) in [6.07, 6.45) is 0.408. The van der Waals surface area contributed by atoms with Crippen LogP contribution in [-0.2, 0) is 11.2 Å². The zero-order valence-corrected chi connectivity index (χ0v) is 9.65. The predicted octanol–water partition coefficient (Wildman–Crippen LogP) is 3.15. The van der Waals surface area contributed by atoms with Crippen LogP contribution in [0.4, 0.5) is 0 Å². The molecule has 0 aromatic heterocycles. The number of carbonyl (C=O) groups is 1. The van der Waals surface area contributed by atoms with Crippen molar-refractivity contribution in [1.82, 2.24) is 0 Å². The molecule has 0 radical (unpaired) electrons. The van der Waals surface area contributed by atoms with E-state index in [0.717, 1.165) is 11.1 Å². The molecule has 1 aromatic carbocycles. The first kappa shape index (κ1) is 10.7. The van der Waals surface area contributed by atoms with Gasteiger partial charge in [0.05, 0.1) is 5.33 Å². The molecule has 0 saturated heterocycles. The summed E-state index contributed by atoms with van der Waals surface area (Å²) in [5.74, 6) is 0.146. The minimum Gasteiger partial charge on any atom is -0.298 e. The van der Waals surface area contributed by atoms with Crippen LogP contribution in [0.25, 0.3) is 0 Å². The van der Waals surface area contributed by atoms with Gasteiger partial charge < -0.3 is 0 Å². The quantitative estimate of drug-likeness (QED) is 0.764. The van der Waals surface area contributed by atoms with Gasteiger partial charge in [0.2, 0.25) is 0 Å². The number of rotatable bonds is 3. The monoisotopic (exact) mass is 260 g/mol. The maximum atomic E-state index is 11.1.